The van der Waals surface area contributed by atoms with Crippen LogP contribution >= 0.6 is 0 Å². The van der Waals surface area contributed by atoms with Crippen molar-refractivity contribution in [3.63, 3.8) is 0 Å². The minimum Gasteiger partial charge on any atom is -0.385 e. The third-order valence-corrected chi connectivity index (χ3v) is 3.54. The molecule has 0 amide bonds. The molecular formula is C15H22N4. The van der Waals surface area contributed by atoms with Gasteiger partial charge in [0.1, 0.15) is 0 Å². The molecule has 0 unspecified atom stereocenters. The maximum absolute atomic E-state index is 8.89. The number of benzene rings is 1. The number of hydrogen-bond acceptors (Lipinski definition) is 4. The second-order valence-electron chi connectivity index (χ2n) is 5.01. The summed E-state index contributed by atoms with van der Waals surface area (Å²) in [5.41, 5.74) is 2.90. The van der Waals surface area contributed by atoms with Crippen LogP contribution in [-0.4, -0.2) is 44.2 Å². The third kappa shape index (κ3) is 4.23. The molecule has 1 aromatic rings. The van der Waals surface area contributed by atoms with Crippen LogP contribution in [0.25, 0.3) is 0 Å². The molecule has 0 radical (unpaired) electrons. The maximum Gasteiger partial charge on any atom is 0.0994 e. The van der Waals surface area contributed by atoms with E-state index in [9.17, 15) is 0 Å². The Morgan fingerprint density at radius 1 is 1.37 bits per heavy atom. The zero-order valence-electron chi connectivity index (χ0n) is 11.6. The Labute approximate surface area is 115 Å². The molecule has 19 heavy (non-hydrogen) atoms. The van der Waals surface area contributed by atoms with Crippen molar-refractivity contribution in [3.8, 4) is 6.07 Å². The molecule has 1 aliphatic rings. The highest BCUT2D eigenvalue weighted by Crippen LogP contribution is 2.14. The molecule has 1 heterocycles. The second-order valence-corrected chi connectivity index (χ2v) is 5.01. The lowest BCUT2D eigenvalue weighted by Gasteiger charge is -2.27. The van der Waals surface area contributed by atoms with Gasteiger partial charge in [-0.05, 0) is 43.7 Å². The van der Waals surface area contributed by atoms with E-state index < -0.39 is 0 Å². The summed E-state index contributed by atoms with van der Waals surface area (Å²) in [6.07, 6.45) is 1.15. The highest BCUT2D eigenvalue weighted by atomic mass is 15.2. The first kappa shape index (κ1) is 13.9. The van der Waals surface area contributed by atoms with Crippen molar-refractivity contribution in [2.75, 3.05) is 44.6 Å². The number of anilines is 1. The highest BCUT2D eigenvalue weighted by molar-refractivity contribution is 5.51. The van der Waals surface area contributed by atoms with E-state index in [1.807, 2.05) is 25.1 Å². The quantitative estimate of drug-likeness (QED) is 0.787. The molecule has 0 saturated carbocycles. The maximum atomic E-state index is 8.89. The molecule has 2 rings (SSSR count). The highest BCUT2D eigenvalue weighted by Gasteiger charge is 2.08. The van der Waals surface area contributed by atoms with Gasteiger partial charge in [-0.3, -0.25) is 0 Å². The van der Waals surface area contributed by atoms with Gasteiger partial charge in [0.25, 0.3) is 0 Å². The second kappa shape index (κ2) is 7.13. The van der Waals surface area contributed by atoms with E-state index in [1.165, 1.54) is 0 Å². The third-order valence-electron chi connectivity index (χ3n) is 3.54. The van der Waals surface area contributed by atoms with Gasteiger partial charge in [-0.25, -0.2) is 0 Å². The summed E-state index contributed by atoms with van der Waals surface area (Å²) < 4.78 is 0. The van der Waals surface area contributed by atoms with Crippen LogP contribution in [0.15, 0.2) is 18.2 Å². The van der Waals surface area contributed by atoms with E-state index in [1.54, 1.807) is 0 Å². The molecule has 0 spiro atoms. The van der Waals surface area contributed by atoms with Crippen molar-refractivity contribution >= 4 is 5.69 Å². The molecule has 0 bridgehead atoms. The molecule has 1 saturated heterocycles. The Balaban J connectivity index is 1.70. The molecular weight excluding hydrogens is 236 g/mol. The van der Waals surface area contributed by atoms with Gasteiger partial charge in [0, 0.05) is 38.4 Å². The van der Waals surface area contributed by atoms with E-state index in [-0.39, 0.29) is 0 Å². The molecule has 1 fully saturated rings. The Morgan fingerprint density at radius 2 is 2.16 bits per heavy atom. The summed E-state index contributed by atoms with van der Waals surface area (Å²) in [6.45, 7) is 8.67. The minimum atomic E-state index is 0.756. The number of nitrogens with one attached hydrogen (secondary N) is 2. The van der Waals surface area contributed by atoms with E-state index in [0.29, 0.717) is 0 Å². The normalized spacial score (nSPS) is 16.0. The summed E-state index contributed by atoms with van der Waals surface area (Å²) in [7, 11) is 0. The van der Waals surface area contributed by atoms with Crippen molar-refractivity contribution in [2.45, 2.75) is 13.3 Å². The molecule has 102 valence electrons. The lowest BCUT2D eigenvalue weighted by Crippen LogP contribution is -2.44. The average Bonchev–Trinajstić information content (AvgIpc) is 2.45. The summed E-state index contributed by atoms with van der Waals surface area (Å²) >= 11 is 0. The van der Waals surface area contributed by atoms with Crippen molar-refractivity contribution in [2.24, 2.45) is 0 Å². The summed E-state index contributed by atoms with van der Waals surface area (Å²) in [5, 5.41) is 15.7. The average molecular weight is 258 g/mol. The van der Waals surface area contributed by atoms with Gasteiger partial charge in [0.15, 0.2) is 0 Å². The first-order valence-electron chi connectivity index (χ1n) is 6.97. The fourth-order valence-corrected chi connectivity index (χ4v) is 2.37. The van der Waals surface area contributed by atoms with E-state index in [0.717, 1.165) is 62.5 Å². The lowest BCUT2D eigenvalue weighted by atomic mass is 10.1. The molecule has 0 atom stereocenters. The van der Waals surface area contributed by atoms with Crippen LogP contribution in [0.1, 0.15) is 17.5 Å². The van der Waals surface area contributed by atoms with Crippen molar-refractivity contribution in [3.05, 3.63) is 29.3 Å². The lowest BCUT2D eigenvalue weighted by molar-refractivity contribution is 0.240. The van der Waals surface area contributed by atoms with Gasteiger partial charge in [0.2, 0.25) is 0 Å². The molecule has 1 aromatic carbocycles. The number of nitriles is 1. The fourth-order valence-electron chi connectivity index (χ4n) is 2.37. The molecule has 1 aliphatic heterocycles. The van der Waals surface area contributed by atoms with Crippen LogP contribution in [0.5, 0.6) is 0 Å². The molecule has 0 aromatic heterocycles. The first-order valence-corrected chi connectivity index (χ1v) is 6.97. The van der Waals surface area contributed by atoms with Gasteiger partial charge in [-0.1, -0.05) is 0 Å². The summed E-state index contributed by atoms with van der Waals surface area (Å²) in [4.78, 5) is 2.50. The SMILES string of the molecule is Cc1cc(NCCCN2CCNCC2)ccc1C#N. The molecule has 4 nitrogen and oxygen atoms in total. The number of hydrogen-bond donors (Lipinski definition) is 2. The number of rotatable bonds is 5. The van der Waals surface area contributed by atoms with Crippen LogP contribution in [0, 0.1) is 18.3 Å². The van der Waals surface area contributed by atoms with Crippen molar-refractivity contribution in [1.82, 2.24) is 10.2 Å². The van der Waals surface area contributed by atoms with Gasteiger partial charge in [-0.2, -0.15) is 5.26 Å². The van der Waals surface area contributed by atoms with Gasteiger partial charge in [0.05, 0.1) is 11.6 Å². The largest absolute Gasteiger partial charge is 0.385 e. The van der Waals surface area contributed by atoms with Crippen LogP contribution in [0.4, 0.5) is 5.69 Å². The van der Waals surface area contributed by atoms with Gasteiger partial charge >= 0.3 is 0 Å². The van der Waals surface area contributed by atoms with E-state index >= 15 is 0 Å². The van der Waals surface area contributed by atoms with E-state index in [2.05, 4.69) is 21.6 Å². The molecule has 2 N–H and O–H groups in total. The minimum absolute atomic E-state index is 0.756. The first-order chi connectivity index (χ1) is 9.29. The van der Waals surface area contributed by atoms with Crippen LogP contribution in [0.3, 0.4) is 0 Å². The van der Waals surface area contributed by atoms with Crippen LogP contribution < -0.4 is 10.6 Å². The van der Waals surface area contributed by atoms with Crippen molar-refractivity contribution in [1.29, 1.82) is 5.26 Å². The van der Waals surface area contributed by atoms with Crippen molar-refractivity contribution < 1.29 is 0 Å². The smallest absolute Gasteiger partial charge is 0.0994 e. The Hall–Kier alpha value is -1.57. The summed E-state index contributed by atoms with van der Waals surface area (Å²) in [5.74, 6) is 0. The predicted molar refractivity (Wildman–Crippen MR) is 78.3 cm³/mol. The summed E-state index contributed by atoms with van der Waals surface area (Å²) in [6, 6.07) is 8.10. The standard InChI is InChI=1S/C15H22N4/c1-13-11-15(4-3-14(13)12-16)18-5-2-8-19-9-6-17-7-10-19/h3-4,11,17-18H,2,5-10H2,1H3. The number of piperazine rings is 1. The topological polar surface area (TPSA) is 51.1 Å². The zero-order chi connectivity index (χ0) is 13.5. The van der Waals surface area contributed by atoms with Gasteiger partial charge < -0.3 is 15.5 Å². The predicted octanol–water partition coefficient (Wildman–Crippen LogP) is 1.57. The molecule has 4 heteroatoms. The Morgan fingerprint density at radius 3 is 2.84 bits per heavy atom. The monoisotopic (exact) mass is 258 g/mol. The van der Waals surface area contributed by atoms with Crippen LogP contribution in [0.2, 0.25) is 0 Å². The number of nitrogens with zero attached hydrogens (tertiary/aromatic N) is 2. The van der Waals surface area contributed by atoms with Crippen LogP contribution in [-0.2, 0) is 0 Å². The van der Waals surface area contributed by atoms with E-state index in [4.69, 9.17) is 5.26 Å². The Bertz CT molecular complexity index is 444. The zero-order valence-corrected chi connectivity index (χ0v) is 11.6. The number of aryl methyl sites for hydroxylation is 1. The Kier molecular flexibility index (Phi) is 5.20. The molecule has 0 aliphatic carbocycles. The van der Waals surface area contributed by atoms with Gasteiger partial charge in [-0.15, -0.1) is 0 Å². The fraction of sp³-hybridized carbons (Fsp3) is 0.533.